The van der Waals surface area contributed by atoms with Crippen molar-refractivity contribution in [2.24, 2.45) is 16.6 Å². The van der Waals surface area contributed by atoms with Crippen LogP contribution < -0.4 is 22.5 Å². The number of anilines is 1. The number of rotatable bonds is 12. The fourth-order valence-corrected chi connectivity index (χ4v) is 5.02. The molecule has 1 aliphatic carbocycles. The van der Waals surface area contributed by atoms with Gasteiger partial charge in [0.15, 0.2) is 10.8 Å². The smallest absolute Gasteiger partial charge is 0.362 e. The zero-order valence-corrected chi connectivity index (χ0v) is 21.1. The van der Waals surface area contributed by atoms with Crippen LogP contribution in [0, 0.1) is 0 Å². The maximum absolute atomic E-state index is 13.1. The molecule has 2 aromatic heterocycles. The number of amides is 2. The second-order valence-electron chi connectivity index (χ2n) is 8.54. The number of aromatic nitrogens is 4. The lowest BCUT2D eigenvalue weighted by Crippen LogP contribution is -2.73. The lowest BCUT2D eigenvalue weighted by Gasteiger charge is -2.43. The third-order valence-electron chi connectivity index (χ3n) is 5.85. The molecule has 18 nitrogen and oxygen atoms in total. The molecule has 206 valence electrons. The standard InChI is InChI=1S/C18H24N10O8S2/c19-4-1-8(20)9-5-22-27(25-9)6-11-13(15(30)28(11)38(33,34)35)24-14(29)12(10-7-37-17(21)23-10)26-36-18(2-3-18)16(31)32/h5,7-8,11,13H,1-4,6,19-20H2,(H2,21,23)(H,24,29)(H,31,32)(H,33,34,35). The second-order valence-corrected chi connectivity index (χ2v) is 10.7. The Bertz CT molecular complexity index is 1380. The number of carboxylic acid groups (broad SMARTS) is 1. The molecule has 0 radical (unpaired) electrons. The largest absolute Gasteiger partial charge is 0.478 e. The third kappa shape index (κ3) is 5.43. The number of aliphatic carboxylic acids is 1. The number of oxime groups is 1. The Kier molecular flexibility index (Phi) is 7.34. The Morgan fingerprint density at radius 1 is 1.39 bits per heavy atom. The summed E-state index contributed by atoms with van der Waals surface area (Å²) in [7, 11) is -5.00. The number of nitrogens with zero attached hydrogens (tertiary/aromatic N) is 6. The average molecular weight is 573 g/mol. The molecule has 3 heterocycles. The number of β-lactam (4-membered cyclic amide) rings is 1. The van der Waals surface area contributed by atoms with E-state index in [0.717, 1.165) is 16.1 Å². The van der Waals surface area contributed by atoms with Crippen LogP contribution in [0.2, 0.25) is 0 Å². The Hall–Kier alpha value is -3.72. The molecular weight excluding hydrogens is 548 g/mol. The number of nitrogen functional groups attached to an aromatic ring is 1. The maximum Gasteiger partial charge on any atom is 0.362 e. The predicted molar refractivity (Wildman–Crippen MR) is 128 cm³/mol. The number of carbonyl (C=O) groups is 3. The van der Waals surface area contributed by atoms with Crippen LogP contribution in [0.4, 0.5) is 5.13 Å². The van der Waals surface area contributed by atoms with Crippen molar-refractivity contribution in [3.05, 3.63) is 23.0 Å². The molecule has 2 aromatic rings. The number of hydrogen-bond acceptors (Lipinski definition) is 14. The van der Waals surface area contributed by atoms with E-state index in [-0.39, 0.29) is 34.5 Å². The highest BCUT2D eigenvalue weighted by Crippen LogP contribution is 2.40. The first-order valence-electron chi connectivity index (χ1n) is 11.0. The number of nitrogens with two attached hydrogens (primary N) is 3. The minimum Gasteiger partial charge on any atom is -0.478 e. The maximum atomic E-state index is 13.1. The monoisotopic (exact) mass is 572 g/mol. The minimum absolute atomic E-state index is 0.0616. The van der Waals surface area contributed by atoms with Crippen LogP contribution in [0.1, 0.15) is 36.7 Å². The molecule has 2 amide bonds. The van der Waals surface area contributed by atoms with Gasteiger partial charge in [-0.15, -0.1) is 11.3 Å². The second kappa shape index (κ2) is 10.2. The zero-order chi connectivity index (χ0) is 27.8. The van der Waals surface area contributed by atoms with Gasteiger partial charge in [-0.1, -0.05) is 5.16 Å². The summed E-state index contributed by atoms with van der Waals surface area (Å²) >= 11 is 0.967. The van der Waals surface area contributed by atoms with Crippen LogP contribution in [0.5, 0.6) is 0 Å². The fraction of sp³-hybridized carbons (Fsp3) is 0.500. The van der Waals surface area contributed by atoms with Crippen molar-refractivity contribution >= 4 is 50.3 Å². The van der Waals surface area contributed by atoms with Gasteiger partial charge in [0.05, 0.1) is 24.5 Å². The van der Waals surface area contributed by atoms with Crippen LogP contribution in [0.3, 0.4) is 0 Å². The Morgan fingerprint density at radius 3 is 2.66 bits per heavy atom. The third-order valence-corrected chi connectivity index (χ3v) is 7.47. The van der Waals surface area contributed by atoms with Gasteiger partial charge in [0, 0.05) is 18.2 Å². The van der Waals surface area contributed by atoms with Gasteiger partial charge in [0.1, 0.15) is 17.8 Å². The highest BCUT2D eigenvalue weighted by Gasteiger charge is 2.56. The van der Waals surface area contributed by atoms with Gasteiger partial charge in [0.2, 0.25) is 5.60 Å². The van der Waals surface area contributed by atoms with Crippen molar-refractivity contribution in [3.8, 4) is 0 Å². The zero-order valence-electron chi connectivity index (χ0n) is 19.5. The SMILES string of the molecule is NCCC(N)c1cnn(CC2C(NC(=O)C(=NOC3(C(=O)O)CC3)c3csc(N)n3)C(=O)N2S(=O)(=O)O)n1. The van der Waals surface area contributed by atoms with Crippen LogP contribution in [-0.2, 0) is 36.1 Å². The first-order chi connectivity index (χ1) is 17.9. The molecular formula is C18H24N10O8S2. The Balaban J connectivity index is 1.57. The summed E-state index contributed by atoms with van der Waals surface area (Å²) in [6.45, 7) is -0.0534. The number of hydrogen-bond donors (Lipinski definition) is 6. The summed E-state index contributed by atoms with van der Waals surface area (Å²) in [6.07, 6.45) is 2.09. The molecule has 20 heteroatoms. The number of carboxylic acids is 1. The van der Waals surface area contributed by atoms with Crippen LogP contribution >= 0.6 is 11.3 Å². The molecule has 38 heavy (non-hydrogen) atoms. The minimum atomic E-state index is -5.00. The fourth-order valence-electron chi connectivity index (χ4n) is 3.61. The summed E-state index contributed by atoms with van der Waals surface area (Å²) in [4.78, 5) is 47.3. The van der Waals surface area contributed by atoms with Crippen molar-refractivity contribution in [2.75, 3.05) is 12.3 Å². The van der Waals surface area contributed by atoms with Gasteiger partial charge in [-0.2, -0.15) is 23.4 Å². The average Bonchev–Trinajstić information content (AvgIpc) is 3.27. The van der Waals surface area contributed by atoms with Gasteiger partial charge in [-0.05, 0) is 13.0 Å². The van der Waals surface area contributed by atoms with Crippen molar-refractivity contribution in [2.45, 2.75) is 49.5 Å². The summed E-state index contributed by atoms with van der Waals surface area (Å²) in [5.41, 5.74) is 15.3. The normalized spacial score (nSPS) is 21.5. The van der Waals surface area contributed by atoms with E-state index in [4.69, 9.17) is 22.0 Å². The molecule has 2 fully saturated rings. The van der Waals surface area contributed by atoms with Gasteiger partial charge in [-0.3, -0.25) is 14.1 Å². The van der Waals surface area contributed by atoms with E-state index >= 15 is 0 Å². The number of thiazole rings is 1. The molecule has 1 saturated heterocycles. The molecule has 1 aliphatic heterocycles. The van der Waals surface area contributed by atoms with E-state index in [2.05, 4.69) is 25.7 Å². The first-order valence-corrected chi connectivity index (χ1v) is 13.3. The van der Waals surface area contributed by atoms with Crippen molar-refractivity contribution in [1.82, 2.24) is 29.6 Å². The van der Waals surface area contributed by atoms with Crippen LogP contribution in [0.15, 0.2) is 16.7 Å². The Morgan fingerprint density at radius 2 is 2.11 bits per heavy atom. The van der Waals surface area contributed by atoms with Gasteiger partial charge >= 0.3 is 16.3 Å². The molecule has 4 rings (SSSR count). The van der Waals surface area contributed by atoms with Gasteiger partial charge < -0.3 is 32.5 Å². The number of nitrogens with one attached hydrogen (secondary N) is 1. The first kappa shape index (κ1) is 27.3. The number of carbonyl (C=O) groups excluding carboxylic acids is 2. The van der Waals surface area contributed by atoms with E-state index in [1.165, 1.54) is 11.6 Å². The van der Waals surface area contributed by atoms with Crippen molar-refractivity contribution < 1.29 is 37.3 Å². The van der Waals surface area contributed by atoms with E-state index in [1.807, 2.05) is 0 Å². The quantitative estimate of drug-likeness (QED) is 0.0648. The van der Waals surface area contributed by atoms with Crippen LogP contribution in [-0.4, -0.2) is 90.1 Å². The van der Waals surface area contributed by atoms with E-state index in [9.17, 15) is 32.5 Å². The molecule has 0 aromatic carbocycles. The van der Waals surface area contributed by atoms with Crippen LogP contribution in [0.25, 0.3) is 0 Å². The van der Waals surface area contributed by atoms with Crippen molar-refractivity contribution in [1.29, 1.82) is 0 Å². The predicted octanol–water partition coefficient (Wildman–Crippen LogP) is -2.80. The Labute approximate surface area is 218 Å². The molecule has 0 bridgehead atoms. The molecule has 1 saturated carbocycles. The summed E-state index contributed by atoms with van der Waals surface area (Å²) < 4.78 is 33.4. The molecule has 3 atom stereocenters. The lowest BCUT2D eigenvalue weighted by molar-refractivity contribution is -0.153. The highest BCUT2D eigenvalue weighted by molar-refractivity contribution is 7.84. The summed E-state index contributed by atoms with van der Waals surface area (Å²) in [5.74, 6) is -3.44. The molecule has 0 spiro atoms. The highest BCUT2D eigenvalue weighted by atomic mass is 32.2. The van der Waals surface area contributed by atoms with Gasteiger partial charge in [-0.25, -0.2) is 14.1 Å². The van der Waals surface area contributed by atoms with Gasteiger partial charge in [0.25, 0.3) is 11.8 Å². The summed E-state index contributed by atoms with van der Waals surface area (Å²) in [5, 5.41) is 24.9. The topological polar surface area (TPSA) is 284 Å². The van der Waals surface area contributed by atoms with Crippen molar-refractivity contribution in [3.63, 3.8) is 0 Å². The molecule has 2 aliphatic rings. The lowest BCUT2D eigenvalue weighted by atomic mass is 9.98. The summed E-state index contributed by atoms with van der Waals surface area (Å²) in [6, 6.07) is -3.33. The van der Waals surface area contributed by atoms with E-state index in [0.29, 0.717) is 18.7 Å². The van der Waals surface area contributed by atoms with E-state index in [1.54, 1.807) is 0 Å². The molecule has 9 N–H and O–H groups in total. The van der Waals surface area contributed by atoms with E-state index < -0.39 is 57.5 Å². The molecule has 3 unspecified atom stereocenters.